The topological polar surface area (TPSA) is 69.1 Å². The van der Waals surface area contributed by atoms with Gasteiger partial charge in [0.2, 0.25) is 5.91 Å². The SMILES string of the molecule is Cc1cc(N)cc(C#CCC(N)=O)c1. The maximum absolute atomic E-state index is 10.4. The second-order valence-electron chi connectivity index (χ2n) is 3.08. The number of carbonyl (C=O) groups is 1. The average molecular weight is 188 g/mol. The lowest BCUT2D eigenvalue weighted by molar-refractivity contribution is -0.117. The average Bonchev–Trinajstić information content (AvgIpc) is 2.01. The van der Waals surface area contributed by atoms with Crippen molar-refractivity contribution in [1.29, 1.82) is 0 Å². The van der Waals surface area contributed by atoms with Crippen molar-refractivity contribution in [3.63, 3.8) is 0 Å². The quantitative estimate of drug-likeness (QED) is 0.505. The zero-order valence-electron chi connectivity index (χ0n) is 8.00. The van der Waals surface area contributed by atoms with Gasteiger partial charge in [-0.05, 0) is 30.7 Å². The molecular weight excluding hydrogens is 176 g/mol. The molecule has 4 N–H and O–H groups in total. The highest BCUT2D eigenvalue weighted by Gasteiger charge is 1.92. The highest BCUT2D eigenvalue weighted by molar-refractivity contribution is 5.76. The molecule has 14 heavy (non-hydrogen) atoms. The lowest BCUT2D eigenvalue weighted by Gasteiger charge is -1.97. The van der Waals surface area contributed by atoms with Crippen molar-refractivity contribution in [2.24, 2.45) is 5.73 Å². The Bertz CT molecular complexity index is 393. The predicted octanol–water partition coefficient (Wildman–Crippen LogP) is 0.804. The third-order valence-corrected chi connectivity index (χ3v) is 1.60. The Morgan fingerprint density at radius 3 is 2.71 bits per heavy atom. The molecule has 0 bridgehead atoms. The van der Waals surface area contributed by atoms with Crippen LogP contribution in [0.25, 0.3) is 0 Å². The van der Waals surface area contributed by atoms with E-state index in [9.17, 15) is 4.79 Å². The molecule has 0 heterocycles. The van der Waals surface area contributed by atoms with E-state index in [1.807, 2.05) is 19.1 Å². The van der Waals surface area contributed by atoms with E-state index in [0.29, 0.717) is 5.69 Å². The van der Waals surface area contributed by atoms with Crippen LogP contribution in [0.15, 0.2) is 18.2 Å². The summed E-state index contributed by atoms with van der Waals surface area (Å²) < 4.78 is 0. The van der Waals surface area contributed by atoms with Gasteiger partial charge in [0.05, 0.1) is 6.42 Å². The lowest BCUT2D eigenvalue weighted by atomic mass is 10.1. The summed E-state index contributed by atoms with van der Waals surface area (Å²) in [7, 11) is 0. The van der Waals surface area contributed by atoms with Crippen molar-refractivity contribution in [1.82, 2.24) is 0 Å². The van der Waals surface area contributed by atoms with Gasteiger partial charge in [-0.25, -0.2) is 0 Å². The van der Waals surface area contributed by atoms with Gasteiger partial charge >= 0.3 is 0 Å². The van der Waals surface area contributed by atoms with Crippen LogP contribution in [0.4, 0.5) is 5.69 Å². The Hall–Kier alpha value is -1.95. The summed E-state index contributed by atoms with van der Waals surface area (Å²) in [5.74, 6) is 5.08. The van der Waals surface area contributed by atoms with Crippen LogP contribution in [0.1, 0.15) is 17.5 Å². The van der Waals surface area contributed by atoms with Gasteiger partial charge in [-0.15, -0.1) is 0 Å². The van der Waals surface area contributed by atoms with E-state index in [1.54, 1.807) is 6.07 Å². The number of aryl methyl sites for hydroxylation is 1. The van der Waals surface area contributed by atoms with Crippen molar-refractivity contribution in [3.8, 4) is 11.8 Å². The summed E-state index contributed by atoms with van der Waals surface area (Å²) in [4.78, 5) is 10.4. The van der Waals surface area contributed by atoms with E-state index in [2.05, 4.69) is 11.8 Å². The second-order valence-corrected chi connectivity index (χ2v) is 3.08. The van der Waals surface area contributed by atoms with Gasteiger partial charge < -0.3 is 11.5 Å². The molecule has 0 atom stereocenters. The summed E-state index contributed by atoms with van der Waals surface area (Å²) >= 11 is 0. The summed E-state index contributed by atoms with van der Waals surface area (Å²) in [6.45, 7) is 1.94. The van der Waals surface area contributed by atoms with Crippen LogP contribution in [0.5, 0.6) is 0 Å². The third-order valence-electron chi connectivity index (χ3n) is 1.60. The minimum absolute atomic E-state index is 0.0772. The Balaban J connectivity index is 2.84. The van der Waals surface area contributed by atoms with Crippen molar-refractivity contribution >= 4 is 11.6 Å². The molecule has 0 fully saturated rings. The first-order valence-electron chi connectivity index (χ1n) is 4.22. The fourth-order valence-electron chi connectivity index (χ4n) is 1.12. The van der Waals surface area contributed by atoms with Crippen LogP contribution >= 0.6 is 0 Å². The molecule has 1 amide bonds. The van der Waals surface area contributed by atoms with E-state index in [-0.39, 0.29) is 6.42 Å². The van der Waals surface area contributed by atoms with E-state index in [4.69, 9.17) is 11.5 Å². The molecular formula is C11H12N2O. The number of hydrogen-bond donors (Lipinski definition) is 2. The molecule has 0 saturated carbocycles. The third kappa shape index (κ3) is 3.20. The van der Waals surface area contributed by atoms with Gasteiger partial charge in [-0.3, -0.25) is 4.79 Å². The van der Waals surface area contributed by atoms with Gasteiger partial charge in [0.25, 0.3) is 0 Å². The molecule has 72 valence electrons. The number of hydrogen-bond acceptors (Lipinski definition) is 2. The fourth-order valence-corrected chi connectivity index (χ4v) is 1.12. The van der Waals surface area contributed by atoms with E-state index in [1.165, 1.54) is 0 Å². The lowest BCUT2D eigenvalue weighted by Crippen LogP contribution is -2.08. The molecule has 0 unspecified atom stereocenters. The number of amides is 1. The molecule has 3 nitrogen and oxygen atoms in total. The maximum Gasteiger partial charge on any atom is 0.229 e. The zero-order chi connectivity index (χ0) is 10.6. The maximum atomic E-state index is 10.4. The van der Waals surface area contributed by atoms with Crippen molar-refractivity contribution in [2.45, 2.75) is 13.3 Å². The van der Waals surface area contributed by atoms with Crippen LogP contribution in [0.3, 0.4) is 0 Å². The summed E-state index contributed by atoms with van der Waals surface area (Å²) in [5, 5.41) is 0. The minimum atomic E-state index is -0.418. The van der Waals surface area contributed by atoms with Gasteiger partial charge in [-0.2, -0.15) is 0 Å². The van der Waals surface area contributed by atoms with Crippen molar-refractivity contribution in [2.75, 3.05) is 5.73 Å². The van der Waals surface area contributed by atoms with Crippen LogP contribution in [-0.2, 0) is 4.79 Å². The van der Waals surface area contributed by atoms with Crippen LogP contribution < -0.4 is 11.5 Å². The Morgan fingerprint density at radius 2 is 2.14 bits per heavy atom. The van der Waals surface area contributed by atoms with Crippen LogP contribution in [-0.4, -0.2) is 5.91 Å². The molecule has 0 aliphatic heterocycles. The zero-order valence-corrected chi connectivity index (χ0v) is 8.00. The molecule has 1 aromatic carbocycles. The Kier molecular flexibility index (Phi) is 3.14. The van der Waals surface area contributed by atoms with Gasteiger partial charge in [0.1, 0.15) is 0 Å². The molecule has 1 aromatic rings. The number of primary amides is 1. The predicted molar refractivity (Wildman–Crippen MR) is 56.3 cm³/mol. The smallest absolute Gasteiger partial charge is 0.229 e. The molecule has 0 radical (unpaired) electrons. The van der Waals surface area contributed by atoms with E-state index >= 15 is 0 Å². The molecule has 0 aliphatic rings. The number of rotatable bonds is 1. The number of carbonyl (C=O) groups excluding carboxylic acids is 1. The Labute approximate surface area is 83.1 Å². The standard InChI is InChI=1S/C11H12N2O/c1-8-5-9(7-10(12)6-8)3-2-4-11(13)14/h5-7H,4,12H2,1H3,(H2,13,14). The first-order chi connectivity index (χ1) is 6.58. The van der Waals surface area contributed by atoms with Crippen molar-refractivity contribution < 1.29 is 4.79 Å². The molecule has 1 rings (SSSR count). The monoisotopic (exact) mass is 188 g/mol. The highest BCUT2D eigenvalue weighted by atomic mass is 16.1. The van der Waals surface area contributed by atoms with Crippen LogP contribution in [0, 0.1) is 18.8 Å². The second kappa shape index (κ2) is 4.33. The van der Waals surface area contributed by atoms with Crippen LogP contribution in [0.2, 0.25) is 0 Å². The van der Waals surface area contributed by atoms with Gasteiger partial charge in [-0.1, -0.05) is 11.8 Å². The number of anilines is 1. The van der Waals surface area contributed by atoms with Crippen molar-refractivity contribution in [3.05, 3.63) is 29.3 Å². The molecule has 0 saturated heterocycles. The summed E-state index contributed by atoms with van der Waals surface area (Å²) in [6.07, 6.45) is 0.0772. The highest BCUT2D eigenvalue weighted by Crippen LogP contribution is 2.09. The summed E-state index contributed by atoms with van der Waals surface area (Å²) in [6, 6.07) is 5.53. The van der Waals surface area contributed by atoms with E-state index in [0.717, 1.165) is 11.1 Å². The molecule has 0 aromatic heterocycles. The largest absolute Gasteiger partial charge is 0.399 e. The number of benzene rings is 1. The number of nitrogens with two attached hydrogens (primary N) is 2. The minimum Gasteiger partial charge on any atom is -0.399 e. The number of nitrogen functional groups attached to an aromatic ring is 1. The molecule has 0 aliphatic carbocycles. The first-order valence-corrected chi connectivity index (χ1v) is 4.22. The Morgan fingerprint density at radius 1 is 1.43 bits per heavy atom. The fraction of sp³-hybridized carbons (Fsp3) is 0.182. The van der Waals surface area contributed by atoms with Gasteiger partial charge in [0, 0.05) is 11.3 Å². The molecule has 0 spiro atoms. The summed E-state index contributed by atoms with van der Waals surface area (Å²) in [5.41, 5.74) is 13.1. The molecule has 3 heteroatoms. The van der Waals surface area contributed by atoms with E-state index < -0.39 is 5.91 Å². The normalized spacial score (nSPS) is 8.93. The van der Waals surface area contributed by atoms with Gasteiger partial charge in [0.15, 0.2) is 0 Å². The first kappa shape index (κ1) is 10.1.